The van der Waals surface area contributed by atoms with E-state index in [2.05, 4.69) is 8.92 Å². The SMILES string of the molecule is COC(=O)c1cc(OS(=O)(=O)C(F)(F)F)c2c(c1)C(=O)OCC2. The summed E-state index contributed by atoms with van der Waals surface area (Å²) in [6.45, 7) is -0.161. The van der Waals surface area contributed by atoms with E-state index >= 15 is 0 Å². The van der Waals surface area contributed by atoms with Crippen LogP contribution in [-0.2, 0) is 26.0 Å². The van der Waals surface area contributed by atoms with Gasteiger partial charge in [-0.2, -0.15) is 21.6 Å². The quantitative estimate of drug-likeness (QED) is 0.460. The maximum atomic E-state index is 12.5. The largest absolute Gasteiger partial charge is 0.534 e. The number of hydrogen-bond acceptors (Lipinski definition) is 7. The first-order valence-electron chi connectivity index (χ1n) is 6.00. The van der Waals surface area contributed by atoms with Crippen molar-refractivity contribution in [2.45, 2.75) is 11.9 Å². The van der Waals surface area contributed by atoms with Gasteiger partial charge < -0.3 is 13.7 Å². The van der Waals surface area contributed by atoms with Crippen molar-refractivity contribution in [3.63, 3.8) is 0 Å². The van der Waals surface area contributed by atoms with Gasteiger partial charge in [0.1, 0.15) is 5.75 Å². The Morgan fingerprint density at radius 3 is 2.52 bits per heavy atom. The summed E-state index contributed by atoms with van der Waals surface area (Å²) in [5.74, 6) is -2.66. The number of esters is 2. The summed E-state index contributed by atoms with van der Waals surface area (Å²) in [4.78, 5) is 23.2. The molecule has 0 amide bonds. The molecule has 0 N–H and O–H groups in total. The third-order valence-corrected chi connectivity index (χ3v) is 3.88. The molecule has 0 bridgehead atoms. The number of rotatable bonds is 3. The summed E-state index contributed by atoms with van der Waals surface area (Å²) >= 11 is 0. The Morgan fingerprint density at radius 2 is 1.96 bits per heavy atom. The fourth-order valence-corrected chi connectivity index (χ4v) is 2.36. The summed E-state index contributed by atoms with van der Waals surface area (Å²) in [6.07, 6.45) is -0.0642. The number of hydrogen-bond donors (Lipinski definition) is 0. The zero-order valence-corrected chi connectivity index (χ0v) is 12.3. The van der Waals surface area contributed by atoms with Crippen LogP contribution in [0.3, 0.4) is 0 Å². The number of ether oxygens (including phenoxy) is 2. The van der Waals surface area contributed by atoms with Gasteiger partial charge in [-0.25, -0.2) is 9.59 Å². The Hall–Kier alpha value is -2.30. The Labute approximate surface area is 128 Å². The van der Waals surface area contributed by atoms with Crippen molar-refractivity contribution in [2.75, 3.05) is 13.7 Å². The molecular weight excluding hydrogens is 345 g/mol. The lowest BCUT2D eigenvalue weighted by atomic mass is 9.98. The molecule has 1 aliphatic rings. The van der Waals surface area contributed by atoms with E-state index in [1.54, 1.807) is 0 Å². The normalized spacial score (nSPS) is 14.7. The molecular formula is C12H9F3O7S. The molecule has 7 nitrogen and oxygen atoms in total. The number of methoxy groups -OCH3 is 1. The highest BCUT2D eigenvalue weighted by Crippen LogP contribution is 2.33. The minimum Gasteiger partial charge on any atom is -0.465 e. The molecule has 0 aliphatic carbocycles. The topological polar surface area (TPSA) is 96.0 Å². The molecule has 1 aromatic carbocycles. The molecule has 1 aliphatic heterocycles. The van der Waals surface area contributed by atoms with Crippen LogP contribution in [0.2, 0.25) is 0 Å². The molecule has 0 unspecified atom stereocenters. The van der Waals surface area contributed by atoms with Gasteiger partial charge in [0.05, 0.1) is 24.8 Å². The minimum atomic E-state index is -5.96. The van der Waals surface area contributed by atoms with Crippen LogP contribution in [0.25, 0.3) is 0 Å². The van der Waals surface area contributed by atoms with Gasteiger partial charge >= 0.3 is 27.6 Å². The van der Waals surface area contributed by atoms with Crippen molar-refractivity contribution in [3.8, 4) is 5.75 Å². The molecule has 0 atom stereocenters. The lowest BCUT2D eigenvalue weighted by molar-refractivity contribution is -0.0500. The number of carbonyl (C=O) groups is 2. The summed E-state index contributed by atoms with van der Waals surface area (Å²) in [7, 11) is -4.95. The fraction of sp³-hybridized carbons (Fsp3) is 0.333. The van der Waals surface area contributed by atoms with Crippen LogP contribution in [0, 0.1) is 0 Å². The number of halogens is 3. The van der Waals surface area contributed by atoms with E-state index in [0.717, 1.165) is 19.2 Å². The number of benzene rings is 1. The zero-order valence-electron chi connectivity index (χ0n) is 11.5. The lowest BCUT2D eigenvalue weighted by Crippen LogP contribution is -2.29. The van der Waals surface area contributed by atoms with Crippen LogP contribution in [0.5, 0.6) is 5.75 Å². The molecule has 0 saturated carbocycles. The van der Waals surface area contributed by atoms with Gasteiger partial charge in [0.15, 0.2) is 0 Å². The average Bonchev–Trinajstić information content (AvgIpc) is 2.45. The van der Waals surface area contributed by atoms with Gasteiger partial charge in [0.2, 0.25) is 0 Å². The average molecular weight is 354 g/mol. The van der Waals surface area contributed by atoms with E-state index in [1.807, 2.05) is 0 Å². The third-order valence-electron chi connectivity index (χ3n) is 2.92. The van der Waals surface area contributed by atoms with Crippen LogP contribution in [0.15, 0.2) is 12.1 Å². The van der Waals surface area contributed by atoms with E-state index in [9.17, 15) is 31.2 Å². The molecule has 0 aromatic heterocycles. The first-order valence-corrected chi connectivity index (χ1v) is 7.41. The van der Waals surface area contributed by atoms with Crippen molar-refractivity contribution in [1.29, 1.82) is 0 Å². The van der Waals surface area contributed by atoms with Crippen molar-refractivity contribution >= 4 is 22.1 Å². The van der Waals surface area contributed by atoms with Crippen molar-refractivity contribution in [3.05, 3.63) is 28.8 Å². The molecule has 0 saturated heterocycles. The molecule has 126 valence electrons. The van der Waals surface area contributed by atoms with Crippen molar-refractivity contribution < 1.29 is 44.8 Å². The lowest BCUT2D eigenvalue weighted by Gasteiger charge is -2.20. The maximum Gasteiger partial charge on any atom is 0.534 e. The van der Waals surface area contributed by atoms with Crippen molar-refractivity contribution in [2.24, 2.45) is 0 Å². The van der Waals surface area contributed by atoms with Crippen LogP contribution in [-0.4, -0.2) is 39.6 Å². The van der Waals surface area contributed by atoms with Crippen LogP contribution >= 0.6 is 0 Å². The highest BCUT2D eigenvalue weighted by Gasteiger charge is 2.49. The van der Waals surface area contributed by atoms with Crippen LogP contribution in [0.4, 0.5) is 13.2 Å². The van der Waals surface area contributed by atoms with E-state index in [1.165, 1.54) is 0 Å². The Kier molecular flexibility index (Phi) is 4.24. The summed E-state index contributed by atoms with van der Waals surface area (Å²) in [5, 5.41) is 0. The van der Waals surface area contributed by atoms with Crippen LogP contribution < -0.4 is 4.18 Å². The monoisotopic (exact) mass is 354 g/mol. The Morgan fingerprint density at radius 1 is 1.30 bits per heavy atom. The smallest absolute Gasteiger partial charge is 0.465 e. The number of carbonyl (C=O) groups excluding carboxylic acids is 2. The van der Waals surface area contributed by atoms with Gasteiger partial charge in [-0.15, -0.1) is 0 Å². The van der Waals surface area contributed by atoms with Crippen molar-refractivity contribution in [1.82, 2.24) is 0 Å². The molecule has 0 radical (unpaired) electrons. The summed E-state index contributed by atoms with van der Waals surface area (Å²) in [6, 6.07) is 1.81. The highest BCUT2D eigenvalue weighted by molar-refractivity contribution is 7.88. The standard InChI is InChI=1S/C12H9F3O7S/c1-20-10(16)6-4-8-7(2-3-21-11(8)17)9(5-6)22-23(18,19)12(13,14)15/h4-5H,2-3H2,1H3. The number of fused-ring (bicyclic) bond motifs is 1. The van der Waals surface area contributed by atoms with Gasteiger partial charge in [0.25, 0.3) is 0 Å². The molecule has 2 rings (SSSR count). The van der Waals surface area contributed by atoms with Crippen LogP contribution in [0.1, 0.15) is 26.3 Å². The van der Waals surface area contributed by atoms with Gasteiger partial charge in [0, 0.05) is 12.0 Å². The molecule has 1 heterocycles. The summed E-state index contributed by atoms with van der Waals surface area (Å²) in [5.41, 5.74) is -6.36. The maximum absolute atomic E-state index is 12.5. The second kappa shape index (κ2) is 5.72. The molecule has 11 heteroatoms. The first kappa shape index (κ1) is 17.1. The van der Waals surface area contributed by atoms with E-state index < -0.39 is 33.3 Å². The van der Waals surface area contributed by atoms with E-state index in [-0.39, 0.29) is 29.7 Å². The predicted molar refractivity (Wildman–Crippen MR) is 67.4 cm³/mol. The summed E-state index contributed by atoms with van der Waals surface area (Å²) < 4.78 is 72.9. The van der Waals surface area contributed by atoms with Gasteiger partial charge in [-0.3, -0.25) is 0 Å². The second-order valence-corrected chi connectivity index (χ2v) is 5.90. The molecule has 0 spiro atoms. The number of cyclic esters (lactones) is 1. The second-order valence-electron chi connectivity index (χ2n) is 4.36. The highest BCUT2D eigenvalue weighted by atomic mass is 32.2. The van der Waals surface area contributed by atoms with Gasteiger partial charge in [-0.1, -0.05) is 0 Å². The molecule has 0 fully saturated rings. The first-order chi connectivity index (χ1) is 10.6. The molecule has 23 heavy (non-hydrogen) atoms. The molecule has 1 aromatic rings. The Balaban J connectivity index is 2.60. The Bertz CT molecular complexity index is 768. The van der Waals surface area contributed by atoms with Gasteiger partial charge in [-0.05, 0) is 12.1 Å². The number of alkyl halides is 3. The van der Waals surface area contributed by atoms with E-state index in [4.69, 9.17) is 4.74 Å². The minimum absolute atomic E-state index is 0.0642. The zero-order chi connectivity index (χ0) is 17.4. The predicted octanol–water partition coefficient (Wildman–Crippen LogP) is 1.41. The third kappa shape index (κ3) is 3.23. The van der Waals surface area contributed by atoms with E-state index in [0.29, 0.717) is 0 Å². The fourth-order valence-electron chi connectivity index (χ4n) is 1.88.